The number of aromatic nitrogens is 3. The predicted octanol–water partition coefficient (Wildman–Crippen LogP) is 4.20. The number of nitrogens with one attached hydrogen (secondary N) is 1. The molecule has 0 bridgehead atoms. The van der Waals surface area contributed by atoms with Gasteiger partial charge in [-0.3, -0.25) is 14.2 Å². The molecule has 5 aromatic rings. The third-order valence-electron chi connectivity index (χ3n) is 7.58. The van der Waals surface area contributed by atoms with Crippen molar-refractivity contribution in [3.05, 3.63) is 112 Å². The minimum absolute atomic E-state index is 0.0930. The first-order chi connectivity index (χ1) is 21.6. The Balaban J connectivity index is 1.34. The van der Waals surface area contributed by atoms with Crippen molar-refractivity contribution in [3.8, 4) is 16.9 Å². The average molecular weight is 645 g/mol. The summed E-state index contributed by atoms with van der Waals surface area (Å²) in [5.41, 5.74) is 7.46. The van der Waals surface area contributed by atoms with Gasteiger partial charge in [-0.05, 0) is 48.7 Å². The van der Waals surface area contributed by atoms with Gasteiger partial charge in [-0.1, -0.05) is 54.1 Å². The van der Waals surface area contributed by atoms with E-state index < -0.39 is 22.0 Å². The molecule has 1 atom stereocenters. The Morgan fingerprint density at radius 3 is 2.51 bits per heavy atom. The van der Waals surface area contributed by atoms with Crippen LogP contribution in [0.15, 0.2) is 94.7 Å². The van der Waals surface area contributed by atoms with Crippen molar-refractivity contribution in [2.24, 2.45) is 0 Å². The summed E-state index contributed by atoms with van der Waals surface area (Å²) in [7, 11) is -3.76. The number of fused-ring (bicyclic) bond motifs is 1. The van der Waals surface area contributed by atoms with Gasteiger partial charge in [-0.2, -0.15) is 4.31 Å². The number of pyridine rings is 1. The van der Waals surface area contributed by atoms with Gasteiger partial charge in [0.05, 0.1) is 46.5 Å². The van der Waals surface area contributed by atoms with Gasteiger partial charge in [-0.15, -0.1) is 0 Å². The Morgan fingerprint density at radius 2 is 1.76 bits per heavy atom. The molecule has 45 heavy (non-hydrogen) atoms. The largest absolute Gasteiger partial charge is 0.382 e. The molecule has 3 heterocycles. The minimum atomic E-state index is -3.76. The first-order valence-electron chi connectivity index (χ1n) is 14.2. The van der Waals surface area contributed by atoms with Crippen LogP contribution in [0.3, 0.4) is 0 Å². The first-order valence-corrected chi connectivity index (χ1v) is 16.0. The van der Waals surface area contributed by atoms with Crippen LogP contribution in [0.25, 0.3) is 27.7 Å². The molecular formula is C32H29ClN6O5S. The molecule has 13 heteroatoms. The van der Waals surface area contributed by atoms with Crippen LogP contribution in [0.4, 0.5) is 5.82 Å². The highest BCUT2D eigenvalue weighted by molar-refractivity contribution is 7.89. The maximum Gasteiger partial charge on any atom is 0.274 e. The highest BCUT2D eigenvalue weighted by Gasteiger charge is 2.27. The van der Waals surface area contributed by atoms with Crippen molar-refractivity contribution >= 4 is 44.1 Å². The second kappa shape index (κ2) is 12.4. The highest BCUT2D eigenvalue weighted by Crippen LogP contribution is 2.27. The number of para-hydroxylation sites is 1. The summed E-state index contributed by atoms with van der Waals surface area (Å²) in [5, 5.41) is 4.22. The lowest BCUT2D eigenvalue weighted by Crippen LogP contribution is -2.40. The Bertz CT molecular complexity index is 2080. The van der Waals surface area contributed by atoms with E-state index in [0.29, 0.717) is 46.0 Å². The number of ether oxygens (including phenoxy) is 1. The van der Waals surface area contributed by atoms with Crippen LogP contribution in [0.1, 0.15) is 29.1 Å². The topological polar surface area (TPSA) is 150 Å². The van der Waals surface area contributed by atoms with E-state index in [0.717, 1.165) is 0 Å². The van der Waals surface area contributed by atoms with Crippen molar-refractivity contribution in [1.29, 1.82) is 0 Å². The van der Waals surface area contributed by atoms with Gasteiger partial charge in [0.15, 0.2) is 11.5 Å². The number of morpholine rings is 1. The average Bonchev–Trinajstić information content (AvgIpc) is 3.05. The molecule has 3 N–H and O–H groups in total. The van der Waals surface area contributed by atoms with Crippen molar-refractivity contribution < 1.29 is 17.9 Å². The monoisotopic (exact) mass is 644 g/mol. The summed E-state index contributed by atoms with van der Waals surface area (Å²) in [4.78, 5) is 36.1. The maximum atomic E-state index is 13.8. The molecule has 6 rings (SSSR count). The first kappa shape index (κ1) is 30.4. The number of rotatable bonds is 7. The van der Waals surface area contributed by atoms with E-state index in [9.17, 15) is 18.0 Å². The summed E-state index contributed by atoms with van der Waals surface area (Å²) in [6, 6.07) is 21.7. The Labute approximate surface area is 264 Å². The van der Waals surface area contributed by atoms with E-state index in [4.69, 9.17) is 22.1 Å². The Morgan fingerprint density at radius 1 is 1.02 bits per heavy atom. The number of benzene rings is 3. The van der Waals surface area contributed by atoms with E-state index in [1.165, 1.54) is 27.2 Å². The smallest absolute Gasteiger partial charge is 0.274 e. The molecule has 1 amide bonds. The maximum absolute atomic E-state index is 13.8. The molecule has 3 aromatic carbocycles. The fourth-order valence-corrected chi connectivity index (χ4v) is 7.01. The number of nitrogen functional groups attached to an aromatic ring is 1. The number of nitrogens with zero attached hydrogens (tertiary/aromatic N) is 4. The van der Waals surface area contributed by atoms with E-state index >= 15 is 0 Å². The van der Waals surface area contributed by atoms with Crippen LogP contribution in [0, 0.1) is 0 Å². The summed E-state index contributed by atoms with van der Waals surface area (Å²) < 4.78 is 34.6. The number of carbonyl (C=O) groups is 1. The molecule has 1 aliphatic rings. The van der Waals surface area contributed by atoms with Crippen LogP contribution < -0.4 is 16.6 Å². The molecule has 0 aliphatic carbocycles. The number of carbonyl (C=O) groups excluding carboxylic acids is 1. The van der Waals surface area contributed by atoms with Crippen molar-refractivity contribution in [2.45, 2.75) is 17.9 Å². The summed E-state index contributed by atoms with van der Waals surface area (Å²) >= 11 is 6.42. The van der Waals surface area contributed by atoms with Crippen molar-refractivity contribution in [1.82, 2.24) is 24.2 Å². The summed E-state index contributed by atoms with van der Waals surface area (Å²) in [6.45, 7) is 2.93. The van der Waals surface area contributed by atoms with Crippen LogP contribution >= 0.6 is 11.6 Å². The third kappa shape index (κ3) is 5.92. The summed E-state index contributed by atoms with van der Waals surface area (Å²) in [6.07, 6.45) is 1.39. The van der Waals surface area contributed by atoms with Crippen molar-refractivity contribution in [2.75, 3.05) is 32.0 Å². The number of amides is 1. The second-order valence-corrected chi connectivity index (χ2v) is 12.8. The zero-order valence-electron chi connectivity index (χ0n) is 24.2. The van der Waals surface area contributed by atoms with E-state index in [2.05, 4.69) is 15.3 Å². The van der Waals surface area contributed by atoms with Gasteiger partial charge in [0.25, 0.3) is 11.5 Å². The quantitative estimate of drug-likeness (QED) is 0.268. The zero-order chi connectivity index (χ0) is 31.7. The van der Waals surface area contributed by atoms with E-state index in [1.807, 2.05) is 24.3 Å². The third-order valence-corrected chi connectivity index (χ3v) is 9.79. The zero-order valence-corrected chi connectivity index (χ0v) is 25.8. The number of hydrogen-bond donors (Lipinski definition) is 2. The number of halogens is 1. The standard InChI is InChI=1S/C32H29ClN6O5S/c1-20(27-18-22-8-6-12-25(33)28(22)32(41)39(27)23-9-3-2-4-10-23)36-31(40)29-30(34)35-19-26(37-29)21-7-5-11-24(17-21)45(42,43)38-13-15-44-16-14-38/h2-12,17-20H,13-16H2,1H3,(H2,34,35)(H,36,40). The van der Waals surface area contributed by atoms with Crippen LogP contribution in [-0.4, -0.2) is 59.5 Å². The van der Waals surface area contributed by atoms with E-state index in [-0.39, 0.29) is 40.7 Å². The van der Waals surface area contributed by atoms with Crippen LogP contribution in [0.2, 0.25) is 5.02 Å². The fourth-order valence-electron chi connectivity index (χ4n) is 5.30. The van der Waals surface area contributed by atoms with Gasteiger partial charge >= 0.3 is 0 Å². The van der Waals surface area contributed by atoms with Gasteiger partial charge in [-0.25, -0.2) is 18.4 Å². The molecule has 1 saturated heterocycles. The molecule has 230 valence electrons. The molecule has 2 aromatic heterocycles. The van der Waals surface area contributed by atoms with Crippen LogP contribution in [-0.2, 0) is 14.8 Å². The van der Waals surface area contributed by atoms with Crippen molar-refractivity contribution in [3.63, 3.8) is 0 Å². The number of nitrogens with two attached hydrogens (primary N) is 1. The normalized spacial score (nSPS) is 14.7. The molecule has 0 radical (unpaired) electrons. The Kier molecular flexibility index (Phi) is 8.38. The molecule has 0 spiro atoms. The van der Waals surface area contributed by atoms with E-state index in [1.54, 1.807) is 49.4 Å². The number of anilines is 1. The molecule has 11 nitrogen and oxygen atoms in total. The van der Waals surface area contributed by atoms with Crippen LogP contribution in [0.5, 0.6) is 0 Å². The molecule has 0 saturated carbocycles. The SMILES string of the molecule is CC(NC(=O)c1nc(-c2cccc(S(=O)(=O)N3CCOCC3)c2)cnc1N)c1cc2cccc(Cl)c2c(=O)n1-c1ccccc1. The lowest BCUT2D eigenvalue weighted by Gasteiger charge is -2.26. The summed E-state index contributed by atoms with van der Waals surface area (Å²) in [5.74, 6) is -0.726. The highest BCUT2D eigenvalue weighted by atomic mass is 35.5. The molecule has 1 aliphatic heterocycles. The van der Waals surface area contributed by atoms with Gasteiger partial charge in [0, 0.05) is 30.0 Å². The molecule has 1 fully saturated rings. The second-order valence-electron chi connectivity index (χ2n) is 10.5. The Hall–Kier alpha value is -4.62. The molecular weight excluding hydrogens is 616 g/mol. The predicted molar refractivity (Wildman–Crippen MR) is 172 cm³/mol. The molecule has 1 unspecified atom stereocenters. The fraction of sp³-hybridized carbons (Fsp3) is 0.188. The minimum Gasteiger partial charge on any atom is -0.382 e. The number of hydrogen-bond acceptors (Lipinski definition) is 8. The van der Waals surface area contributed by atoms with Gasteiger partial charge < -0.3 is 15.8 Å². The van der Waals surface area contributed by atoms with Gasteiger partial charge in [0.2, 0.25) is 10.0 Å². The lowest BCUT2D eigenvalue weighted by atomic mass is 10.1. The van der Waals surface area contributed by atoms with Gasteiger partial charge in [0.1, 0.15) is 0 Å². The number of sulfonamides is 1. The lowest BCUT2D eigenvalue weighted by molar-refractivity contribution is 0.0730.